The number of primary amides is 1. The Hall–Kier alpha value is -5.52. The van der Waals surface area contributed by atoms with Crippen LogP contribution in [0.15, 0.2) is 60.2 Å². The quantitative estimate of drug-likeness (QED) is 0.0225. The van der Waals surface area contributed by atoms with Crippen molar-refractivity contribution < 1.29 is 71.9 Å². The van der Waals surface area contributed by atoms with Gasteiger partial charge in [0.25, 0.3) is 5.91 Å². The van der Waals surface area contributed by atoms with Crippen molar-refractivity contribution in [3.63, 3.8) is 0 Å². The van der Waals surface area contributed by atoms with Crippen molar-refractivity contribution in [3.8, 4) is 0 Å². The molecule has 2 saturated heterocycles. The lowest BCUT2D eigenvalue weighted by Gasteiger charge is -2.41. The summed E-state index contributed by atoms with van der Waals surface area (Å²) in [5, 5.41) is 18.7. The number of urea groups is 1. The monoisotopic (exact) mass is 1370 g/mol. The number of Topliss-reactive ketones (excluding diaryl/α,β-unsaturated/α-hetero) is 2. The number of hydrogen-bond acceptors (Lipinski definition) is 15. The summed E-state index contributed by atoms with van der Waals surface area (Å²) in [5.74, 6) is -5.64. The number of ether oxygens (including phenoxy) is 5. The number of nitrogens with zero attached hydrogens (tertiary/aromatic N) is 2. The van der Waals surface area contributed by atoms with Crippen LogP contribution in [-0.4, -0.2) is 155 Å². The van der Waals surface area contributed by atoms with Crippen molar-refractivity contribution in [1.29, 1.82) is 0 Å². The van der Waals surface area contributed by atoms with Crippen LogP contribution in [0.1, 0.15) is 147 Å². The Morgan fingerprint density at radius 2 is 1.67 bits per heavy atom. The number of unbranched alkanes of at least 4 members (excludes halogenated alkanes) is 1. The van der Waals surface area contributed by atoms with Crippen LogP contribution in [0, 0.1) is 30.6 Å². The van der Waals surface area contributed by atoms with Crippen molar-refractivity contribution >= 4 is 102 Å². The van der Waals surface area contributed by atoms with Gasteiger partial charge in [0.1, 0.15) is 46.9 Å². The van der Waals surface area contributed by atoms with Gasteiger partial charge < -0.3 is 55.0 Å². The number of nitrogens with one attached hydrogen (secondary N) is 2. The maximum absolute atomic E-state index is 14.5. The van der Waals surface area contributed by atoms with Crippen LogP contribution in [0.25, 0.3) is 0 Å². The molecular weight excluding hydrogens is 1290 g/mol. The van der Waals surface area contributed by atoms with E-state index < -0.39 is 101 Å². The van der Waals surface area contributed by atoms with Gasteiger partial charge in [0.15, 0.2) is 5.78 Å². The molecule has 88 heavy (non-hydrogen) atoms. The minimum atomic E-state index is -1.64. The van der Waals surface area contributed by atoms with E-state index in [0.29, 0.717) is 59.0 Å². The third-order valence-electron chi connectivity index (χ3n) is 17.1. The normalized spacial score (nSPS) is 24.4. The zero-order valence-electron chi connectivity index (χ0n) is 52.8. The number of epoxide rings is 1. The molecule has 3 aliphatic heterocycles. The Morgan fingerprint density at radius 3 is 2.30 bits per heavy atom. The summed E-state index contributed by atoms with van der Waals surface area (Å²) in [5.41, 5.74) is 5.28. The first-order chi connectivity index (χ1) is 41.3. The van der Waals surface area contributed by atoms with E-state index in [9.17, 15) is 48.3 Å². The van der Waals surface area contributed by atoms with Crippen LogP contribution in [0.3, 0.4) is 0 Å². The van der Waals surface area contributed by atoms with E-state index in [1.54, 1.807) is 45.2 Å². The molecule has 5 amide bonds. The number of halogens is 3. The van der Waals surface area contributed by atoms with E-state index >= 15 is 0 Å². The second-order valence-electron chi connectivity index (χ2n) is 25.1. The average Bonchev–Trinajstić information content (AvgIpc) is 2.10. The van der Waals surface area contributed by atoms with E-state index in [0.717, 1.165) is 16.7 Å². The van der Waals surface area contributed by atoms with Gasteiger partial charge >= 0.3 is 23.9 Å². The van der Waals surface area contributed by atoms with E-state index in [2.05, 4.69) is 42.5 Å². The highest BCUT2D eigenvalue weighted by molar-refractivity contribution is 9.09. The number of amides is 5. The topological polar surface area (TPSA) is 280 Å². The minimum absolute atomic E-state index is 0.000195. The number of benzene rings is 2. The predicted octanol–water partition coefficient (Wildman–Crippen LogP) is 8.94. The molecule has 3 heterocycles. The third kappa shape index (κ3) is 20.0. The molecule has 0 unspecified atom stereocenters. The molecule has 5 rings (SSSR count). The summed E-state index contributed by atoms with van der Waals surface area (Å²) in [4.78, 5) is 124. The van der Waals surface area contributed by atoms with E-state index in [4.69, 9.17) is 41.0 Å². The molecule has 23 heteroatoms. The van der Waals surface area contributed by atoms with Crippen molar-refractivity contribution in [2.24, 2.45) is 29.4 Å². The number of anilines is 1. The van der Waals surface area contributed by atoms with E-state index in [1.165, 1.54) is 43.0 Å². The SMILES string of the molecule is CO[C@@H]1/C=C/C=C(\C)Cc2cc(C)c(Cl)c(c2)N(C)C(=O)C[C@H](OC(=O)[C@H](C)N(C)C(=O)c2ccc(CC(=O)[C@H](CCCNC(N)=O)NC(=O)[C@@H](CC(=O)CCCCC(C)(C)OC(=O)C(CBr)CBr)C(C)C)cc2)[C@]2(C)O[C@H]2[C@H](C)[C@@H]2C[C@@]1(O)CC(=O)O2. The summed E-state index contributed by atoms with van der Waals surface area (Å²) in [6, 6.07) is 7.02. The first-order valence-electron chi connectivity index (χ1n) is 30.1. The zero-order valence-corrected chi connectivity index (χ0v) is 56.8. The summed E-state index contributed by atoms with van der Waals surface area (Å²) >= 11 is 13.5. The number of aliphatic hydroxyl groups is 1. The second-order valence-corrected chi connectivity index (χ2v) is 26.7. The lowest BCUT2D eigenvalue weighted by Crippen LogP contribution is -2.53. The summed E-state index contributed by atoms with van der Waals surface area (Å²) in [6.07, 6.45) is 3.62. The van der Waals surface area contributed by atoms with Gasteiger partial charge in [0.05, 0.1) is 41.6 Å². The lowest BCUT2D eigenvalue weighted by atomic mass is 9.78. The van der Waals surface area contributed by atoms with Gasteiger partial charge in [-0.15, -0.1) is 0 Å². The van der Waals surface area contributed by atoms with Crippen molar-refractivity contribution in [2.45, 2.75) is 193 Å². The number of allylic oxidation sites excluding steroid dienone is 3. The summed E-state index contributed by atoms with van der Waals surface area (Å²) in [7, 11) is 4.47. The first kappa shape index (κ1) is 73.2. The highest BCUT2D eigenvalue weighted by atomic mass is 79.9. The highest BCUT2D eigenvalue weighted by Crippen LogP contribution is 2.50. The van der Waals surface area contributed by atoms with Crippen LogP contribution in [0.4, 0.5) is 10.5 Å². The number of esters is 3. The van der Waals surface area contributed by atoms with Gasteiger partial charge in [0.2, 0.25) is 11.8 Å². The molecule has 2 fully saturated rings. The largest absolute Gasteiger partial charge is 0.462 e. The summed E-state index contributed by atoms with van der Waals surface area (Å²) in [6.45, 7) is 16.2. The molecule has 5 N–H and O–H groups in total. The fourth-order valence-electron chi connectivity index (χ4n) is 11.3. The van der Waals surface area contributed by atoms with Crippen molar-refractivity contribution in [2.75, 3.05) is 43.3 Å². The molecule has 3 aliphatic rings. The first-order valence-corrected chi connectivity index (χ1v) is 32.7. The van der Waals surface area contributed by atoms with Crippen LogP contribution in [0.2, 0.25) is 5.02 Å². The van der Waals surface area contributed by atoms with Gasteiger partial charge in [-0.25, -0.2) is 9.59 Å². The van der Waals surface area contributed by atoms with Crippen LogP contribution < -0.4 is 21.3 Å². The number of rotatable bonds is 26. The fourth-order valence-corrected chi connectivity index (χ4v) is 13.1. The van der Waals surface area contributed by atoms with Crippen LogP contribution >= 0.6 is 43.5 Å². The van der Waals surface area contributed by atoms with Gasteiger partial charge in [-0.1, -0.05) is 106 Å². The Balaban J connectivity index is 1.29. The molecular formula is C65H90Br2ClN5O15. The fraction of sp³-hybridized carbons (Fsp3) is 0.615. The van der Waals surface area contributed by atoms with Crippen molar-refractivity contribution in [1.82, 2.24) is 15.5 Å². The Bertz CT molecular complexity index is 2920. The molecule has 486 valence electrons. The number of likely N-dealkylation sites (N-methyl/N-ethyl adjacent to an activating group) is 1. The molecule has 10 atom stereocenters. The Kier molecular flexibility index (Phi) is 27.0. The molecule has 2 aromatic rings. The highest BCUT2D eigenvalue weighted by Gasteiger charge is 2.64. The second kappa shape index (κ2) is 32.5. The van der Waals surface area contributed by atoms with Gasteiger partial charge in [-0.2, -0.15) is 0 Å². The molecule has 0 aromatic heterocycles. The summed E-state index contributed by atoms with van der Waals surface area (Å²) < 4.78 is 29.9. The van der Waals surface area contributed by atoms with Crippen LogP contribution in [-0.2, 0) is 70.1 Å². The minimum Gasteiger partial charge on any atom is -0.462 e. The molecule has 4 bridgehead atoms. The number of carbonyl (C=O) groups excluding carboxylic acids is 9. The van der Waals surface area contributed by atoms with Gasteiger partial charge in [-0.3, -0.25) is 33.6 Å². The number of ketones is 2. The molecule has 0 spiro atoms. The number of aryl methyl sites for hydroxylation is 1. The average molecular weight is 1380 g/mol. The third-order valence-corrected chi connectivity index (χ3v) is 19.2. The van der Waals surface area contributed by atoms with Crippen molar-refractivity contribution in [3.05, 3.63) is 87.5 Å². The molecule has 0 aliphatic carbocycles. The number of hydrogen-bond donors (Lipinski definition) is 4. The van der Waals surface area contributed by atoms with Gasteiger partial charge in [0, 0.05) is 81.5 Å². The maximum Gasteiger partial charge on any atom is 0.328 e. The Labute approximate surface area is 539 Å². The molecule has 2 aromatic carbocycles. The number of fused-ring (bicyclic) bond motifs is 5. The molecule has 0 saturated carbocycles. The van der Waals surface area contributed by atoms with E-state index in [1.807, 2.05) is 59.8 Å². The number of methoxy groups -OCH3 is 1. The standard InChI is InChI=1S/C65H90Br2ClN5O15/c1-37(2)47(31-46(74)18-13-14-25-63(7,8)88-61(81)45(35-66)36-67)58(78)71-48(19-16-26-70-62(69)82)50(75)30-42-21-23-44(24-22-42)59(79)72(10)41(6)60(80)86-53-32-54(76)73(11)49-29-43(28-39(4)56(49)68)27-38(3)17-15-20-52(84-12)65(83)33-51(85-55(77)34-65)40(5)57-64(53,9)87-57/h15,17,20-24,28-29,37,40-41,45,47-48,51-53,57,83H,13-14,16,18-19,25-27,30-36H2,1-12H3,(H,71,78)(H3,69,70,82)/b20-15+,38-17+/t40-,41+,47+,48+,51+,52-,53+,57+,64+,65-/m1/s1. The zero-order chi connectivity index (χ0) is 65.6. The number of carbonyl (C=O) groups is 9. The van der Waals surface area contributed by atoms with Crippen LogP contribution in [0.5, 0.6) is 0 Å². The maximum atomic E-state index is 14.5. The molecule has 0 radical (unpaired) electrons. The van der Waals surface area contributed by atoms with Gasteiger partial charge in [-0.05, 0) is 121 Å². The predicted molar refractivity (Wildman–Crippen MR) is 341 cm³/mol. The number of nitrogens with two attached hydrogens (primary N) is 1. The Morgan fingerprint density at radius 1 is 1.00 bits per heavy atom. The number of alkyl halides is 2. The van der Waals surface area contributed by atoms with E-state index in [-0.39, 0.29) is 86.4 Å². The lowest BCUT2D eigenvalue weighted by molar-refractivity contribution is -0.187. The smallest absolute Gasteiger partial charge is 0.328 e. The molecule has 20 nitrogen and oxygen atoms in total.